The van der Waals surface area contributed by atoms with E-state index < -0.39 is 9.84 Å². The zero-order valence-corrected chi connectivity index (χ0v) is 23.1. The first-order valence-corrected chi connectivity index (χ1v) is 15.3. The van der Waals surface area contributed by atoms with Crippen LogP contribution in [-0.4, -0.2) is 37.6 Å². The summed E-state index contributed by atoms with van der Waals surface area (Å²) in [7, 11) is -3.30. The lowest BCUT2D eigenvalue weighted by atomic mass is 10.1. The van der Waals surface area contributed by atoms with E-state index in [9.17, 15) is 13.2 Å². The molecule has 4 rings (SSSR count). The molecule has 0 radical (unpaired) electrons. The maximum Gasteiger partial charge on any atom is 0.227 e. The van der Waals surface area contributed by atoms with Gasteiger partial charge in [-0.25, -0.2) is 8.42 Å². The molecule has 36 heavy (non-hydrogen) atoms. The van der Waals surface area contributed by atoms with E-state index in [1.165, 1.54) is 0 Å². The number of halogens is 1. The van der Waals surface area contributed by atoms with Crippen molar-refractivity contribution in [3.8, 4) is 5.75 Å². The highest BCUT2D eigenvalue weighted by Crippen LogP contribution is 2.32. The number of nitrogens with zero attached hydrogens (tertiary/aromatic N) is 1. The molecule has 0 saturated heterocycles. The van der Waals surface area contributed by atoms with Gasteiger partial charge < -0.3 is 9.64 Å². The maximum atomic E-state index is 13.6. The van der Waals surface area contributed by atoms with Crippen LogP contribution < -0.4 is 4.74 Å². The molecule has 1 aromatic heterocycles. The molecule has 192 valence electrons. The number of fused-ring (bicyclic) bond motifs is 1. The Bertz CT molecular complexity index is 1310. The summed E-state index contributed by atoms with van der Waals surface area (Å²) in [6.07, 6.45) is 3.08. The molecule has 0 bridgehead atoms. The lowest BCUT2D eigenvalue weighted by Crippen LogP contribution is -2.41. The lowest BCUT2D eigenvalue weighted by Gasteiger charge is -2.30. The van der Waals surface area contributed by atoms with Gasteiger partial charge in [-0.3, -0.25) is 4.79 Å². The van der Waals surface area contributed by atoms with Gasteiger partial charge in [-0.1, -0.05) is 31.5 Å². The number of sulfone groups is 1. The topological polar surface area (TPSA) is 63.7 Å². The second kappa shape index (κ2) is 11.8. The van der Waals surface area contributed by atoms with Crippen molar-refractivity contribution in [3.05, 3.63) is 80.5 Å². The number of carbonyl (C=O) groups is 1. The van der Waals surface area contributed by atoms with Gasteiger partial charge in [0.25, 0.3) is 0 Å². The first-order valence-electron chi connectivity index (χ1n) is 12.4. The van der Waals surface area contributed by atoms with Gasteiger partial charge in [0.2, 0.25) is 5.91 Å². The molecular weight excluding hydrogens is 514 g/mol. The third kappa shape index (κ3) is 6.31. The molecule has 1 heterocycles. The van der Waals surface area contributed by atoms with Crippen LogP contribution in [0.2, 0.25) is 5.02 Å². The van der Waals surface area contributed by atoms with Gasteiger partial charge in [0.15, 0.2) is 9.84 Å². The number of rotatable bonds is 11. The summed E-state index contributed by atoms with van der Waals surface area (Å²) in [6, 6.07) is 12.9. The van der Waals surface area contributed by atoms with Gasteiger partial charge in [0.1, 0.15) is 5.75 Å². The van der Waals surface area contributed by atoms with E-state index in [0.717, 1.165) is 34.4 Å². The van der Waals surface area contributed by atoms with Gasteiger partial charge in [0, 0.05) is 23.2 Å². The predicted octanol–water partition coefficient (Wildman–Crippen LogP) is 6.11. The zero-order chi connectivity index (χ0) is 25.7. The summed E-state index contributed by atoms with van der Waals surface area (Å²) in [5, 5.41) is 4.57. The number of hydrogen-bond donors (Lipinski definition) is 0. The standard InChI is InChI=1S/C28H32ClNO4S2/c1-3-10-34-27-8-6-24(29)14-23(27)18-30(28(31)13-20-9-11-35-19-20)25-15-21-5-7-26(17-22(21)16-25)36(32,33)12-4-2/h5-9,11,14,17,19,25H,3-4,10,12-13,15-16,18H2,1-2H3. The number of amides is 1. The molecule has 3 aromatic rings. The monoisotopic (exact) mass is 545 g/mol. The average Bonchev–Trinajstić information content (AvgIpc) is 3.51. The van der Waals surface area contributed by atoms with E-state index in [2.05, 4.69) is 6.92 Å². The van der Waals surface area contributed by atoms with Gasteiger partial charge in [-0.15, -0.1) is 0 Å². The van der Waals surface area contributed by atoms with Gasteiger partial charge in [-0.2, -0.15) is 11.3 Å². The molecule has 5 nitrogen and oxygen atoms in total. The van der Waals surface area contributed by atoms with Gasteiger partial charge in [0.05, 0.1) is 23.7 Å². The third-order valence-corrected chi connectivity index (χ3v) is 9.33. The fourth-order valence-electron chi connectivity index (χ4n) is 4.67. The number of carbonyl (C=O) groups excluding carboxylic acids is 1. The Labute approximate surface area is 223 Å². The van der Waals surface area contributed by atoms with Crippen LogP contribution in [0, 0.1) is 0 Å². The fraction of sp³-hybridized carbons (Fsp3) is 0.393. The highest BCUT2D eigenvalue weighted by Gasteiger charge is 2.32. The Kier molecular flexibility index (Phi) is 8.75. The fourth-order valence-corrected chi connectivity index (χ4v) is 6.90. The highest BCUT2D eigenvalue weighted by molar-refractivity contribution is 7.91. The second-order valence-corrected chi connectivity index (χ2v) is 12.6. The normalized spacial score (nSPS) is 15.0. The molecule has 2 aromatic carbocycles. The van der Waals surface area contributed by atoms with E-state index >= 15 is 0 Å². The Balaban J connectivity index is 1.63. The van der Waals surface area contributed by atoms with E-state index in [4.69, 9.17) is 16.3 Å². The summed E-state index contributed by atoms with van der Waals surface area (Å²) >= 11 is 7.91. The first-order chi connectivity index (χ1) is 17.3. The Morgan fingerprint density at radius 2 is 1.89 bits per heavy atom. The van der Waals surface area contributed by atoms with Crippen LogP contribution in [0.5, 0.6) is 5.75 Å². The molecule has 0 N–H and O–H groups in total. The lowest BCUT2D eigenvalue weighted by molar-refractivity contribution is -0.133. The van der Waals surface area contributed by atoms with Crippen LogP contribution in [0.25, 0.3) is 0 Å². The van der Waals surface area contributed by atoms with Crippen molar-refractivity contribution in [2.24, 2.45) is 0 Å². The summed E-state index contributed by atoms with van der Waals surface area (Å²) in [5.74, 6) is 0.903. The van der Waals surface area contributed by atoms with Crippen LogP contribution in [-0.2, 0) is 40.4 Å². The molecule has 1 amide bonds. The van der Waals surface area contributed by atoms with Crippen LogP contribution in [0.4, 0.5) is 0 Å². The summed E-state index contributed by atoms with van der Waals surface area (Å²) < 4.78 is 31.2. The second-order valence-electron chi connectivity index (χ2n) is 9.24. The van der Waals surface area contributed by atoms with Crippen LogP contribution >= 0.6 is 22.9 Å². The van der Waals surface area contributed by atoms with Crippen molar-refractivity contribution in [3.63, 3.8) is 0 Å². The van der Waals surface area contributed by atoms with E-state index in [-0.39, 0.29) is 17.7 Å². The number of benzene rings is 2. The van der Waals surface area contributed by atoms with Crippen molar-refractivity contribution in [2.75, 3.05) is 12.4 Å². The number of hydrogen-bond acceptors (Lipinski definition) is 5. The molecule has 1 unspecified atom stereocenters. The largest absolute Gasteiger partial charge is 0.493 e. The molecule has 0 spiro atoms. The van der Waals surface area contributed by atoms with E-state index in [1.807, 2.05) is 46.8 Å². The Morgan fingerprint density at radius 3 is 2.61 bits per heavy atom. The van der Waals surface area contributed by atoms with Crippen molar-refractivity contribution in [1.82, 2.24) is 4.90 Å². The number of thiophene rings is 1. The van der Waals surface area contributed by atoms with Crippen LogP contribution in [0.3, 0.4) is 0 Å². The quantitative estimate of drug-likeness (QED) is 0.291. The molecule has 1 atom stereocenters. The summed E-state index contributed by atoms with van der Waals surface area (Å²) in [6.45, 7) is 4.88. The van der Waals surface area contributed by atoms with Crippen molar-refractivity contribution < 1.29 is 17.9 Å². The Hall–Kier alpha value is -2.35. The Morgan fingerprint density at radius 1 is 1.08 bits per heavy atom. The number of ether oxygens (including phenoxy) is 1. The van der Waals surface area contributed by atoms with E-state index in [0.29, 0.717) is 48.8 Å². The van der Waals surface area contributed by atoms with E-state index in [1.54, 1.807) is 29.5 Å². The minimum absolute atomic E-state index is 0.0338. The molecule has 8 heteroatoms. The van der Waals surface area contributed by atoms with Crippen LogP contribution in [0.15, 0.2) is 58.1 Å². The molecule has 1 aliphatic carbocycles. The molecular formula is C28H32ClNO4S2. The minimum Gasteiger partial charge on any atom is -0.493 e. The molecule has 0 aliphatic heterocycles. The molecule has 0 saturated carbocycles. The van der Waals surface area contributed by atoms with Crippen molar-refractivity contribution >= 4 is 38.7 Å². The van der Waals surface area contributed by atoms with Crippen LogP contribution in [0.1, 0.15) is 48.9 Å². The smallest absolute Gasteiger partial charge is 0.227 e. The summed E-state index contributed by atoms with van der Waals surface area (Å²) in [5.41, 5.74) is 3.96. The third-order valence-electron chi connectivity index (χ3n) is 6.44. The van der Waals surface area contributed by atoms with Crippen molar-refractivity contribution in [2.45, 2.75) is 63.4 Å². The molecule has 1 aliphatic rings. The molecule has 0 fully saturated rings. The van der Waals surface area contributed by atoms with Gasteiger partial charge in [-0.05, 0) is 89.5 Å². The van der Waals surface area contributed by atoms with Crippen molar-refractivity contribution in [1.29, 1.82) is 0 Å². The minimum atomic E-state index is -3.30. The zero-order valence-electron chi connectivity index (χ0n) is 20.7. The maximum absolute atomic E-state index is 13.6. The highest BCUT2D eigenvalue weighted by atomic mass is 35.5. The summed E-state index contributed by atoms with van der Waals surface area (Å²) in [4.78, 5) is 15.9. The average molecular weight is 546 g/mol. The predicted molar refractivity (Wildman–Crippen MR) is 146 cm³/mol. The SMILES string of the molecule is CCCOc1ccc(Cl)cc1CN(C(=O)Cc1ccsc1)C1Cc2ccc(S(=O)(=O)CCC)cc2C1. The first kappa shape index (κ1) is 26.7. The van der Waals surface area contributed by atoms with Gasteiger partial charge >= 0.3 is 0 Å².